The van der Waals surface area contributed by atoms with E-state index in [4.69, 9.17) is 0 Å². The van der Waals surface area contributed by atoms with Crippen LogP contribution in [0, 0.1) is 6.92 Å². The first kappa shape index (κ1) is 13.8. The molecule has 116 valence electrons. The van der Waals surface area contributed by atoms with Crippen LogP contribution in [0.25, 0.3) is 5.52 Å². The maximum Gasteiger partial charge on any atom is 0.152 e. The minimum Gasteiger partial charge on any atom is -0.364 e. The summed E-state index contributed by atoms with van der Waals surface area (Å²) in [6, 6.07) is 10.7. The van der Waals surface area contributed by atoms with Crippen LogP contribution in [0.2, 0.25) is 0 Å². The van der Waals surface area contributed by atoms with Crippen LogP contribution in [0.15, 0.2) is 54.9 Å². The smallest absolute Gasteiger partial charge is 0.152 e. The monoisotopic (exact) mass is 305 g/mol. The Balaban J connectivity index is 1.47. The van der Waals surface area contributed by atoms with Crippen LogP contribution in [0.3, 0.4) is 0 Å². The lowest BCUT2D eigenvalue weighted by Gasteiger charge is -2.18. The van der Waals surface area contributed by atoms with Crippen molar-refractivity contribution in [3.05, 3.63) is 66.1 Å². The Morgan fingerprint density at radius 3 is 2.70 bits per heavy atom. The molecule has 3 aromatic rings. The average molecular weight is 305 g/mol. The molecule has 0 fully saturated rings. The molecule has 0 saturated carbocycles. The second-order valence-corrected chi connectivity index (χ2v) is 5.79. The quantitative estimate of drug-likeness (QED) is 0.753. The summed E-state index contributed by atoms with van der Waals surface area (Å²) in [6.45, 7) is 4.74. The number of anilines is 2. The lowest BCUT2D eigenvalue weighted by atomic mass is 10.2. The van der Waals surface area contributed by atoms with Crippen LogP contribution in [0.1, 0.15) is 11.3 Å². The van der Waals surface area contributed by atoms with Gasteiger partial charge in [-0.05, 0) is 30.7 Å². The highest BCUT2D eigenvalue weighted by atomic mass is 15.2. The Hall–Kier alpha value is -2.82. The number of hydrogen-bond acceptors (Lipinski definition) is 4. The number of rotatable bonds is 4. The fourth-order valence-electron chi connectivity index (χ4n) is 2.88. The van der Waals surface area contributed by atoms with Crippen molar-refractivity contribution in [3.63, 3.8) is 0 Å². The standard InChI is InChI=1S/C18H19N5/c1-14-12-17-18(19-8-11-23(17)21-14)20-13-15-4-6-16(7-5-15)22-9-2-3-10-22/h2-8,11-12H,9-10,13H2,1H3,(H,19,20). The number of aromatic nitrogens is 3. The summed E-state index contributed by atoms with van der Waals surface area (Å²) < 4.78 is 1.86. The predicted octanol–water partition coefficient (Wildman–Crippen LogP) is 3.03. The van der Waals surface area contributed by atoms with Crippen molar-refractivity contribution in [1.29, 1.82) is 0 Å². The van der Waals surface area contributed by atoms with Crippen LogP contribution in [0.5, 0.6) is 0 Å². The molecule has 0 saturated heterocycles. The van der Waals surface area contributed by atoms with Gasteiger partial charge in [0.05, 0.1) is 5.69 Å². The van der Waals surface area contributed by atoms with E-state index in [0.717, 1.165) is 36.7 Å². The highest BCUT2D eigenvalue weighted by molar-refractivity contribution is 5.67. The van der Waals surface area contributed by atoms with Gasteiger partial charge in [0.2, 0.25) is 0 Å². The number of fused-ring (bicyclic) bond motifs is 1. The zero-order chi connectivity index (χ0) is 15.6. The van der Waals surface area contributed by atoms with Crippen molar-refractivity contribution >= 4 is 17.0 Å². The van der Waals surface area contributed by atoms with Crippen molar-refractivity contribution in [1.82, 2.24) is 14.6 Å². The molecule has 1 aliphatic rings. The maximum atomic E-state index is 4.43. The molecule has 0 atom stereocenters. The molecule has 0 amide bonds. The van der Waals surface area contributed by atoms with Crippen molar-refractivity contribution < 1.29 is 0 Å². The van der Waals surface area contributed by atoms with Crippen molar-refractivity contribution in [3.8, 4) is 0 Å². The molecule has 5 heteroatoms. The minimum absolute atomic E-state index is 0.745. The van der Waals surface area contributed by atoms with E-state index in [1.807, 2.05) is 23.7 Å². The van der Waals surface area contributed by atoms with E-state index in [2.05, 4.69) is 56.7 Å². The van der Waals surface area contributed by atoms with E-state index in [-0.39, 0.29) is 0 Å². The van der Waals surface area contributed by atoms with Gasteiger partial charge in [-0.1, -0.05) is 24.3 Å². The fourth-order valence-corrected chi connectivity index (χ4v) is 2.88. The highest BCUT2D eigenvalue weighted by Gasteiger charge is 2.08. The van der Waals surface area contributed by atoms with Gasteiger partial charge in [0.15, 0.2) is 5.82 Å². The molecule has 23 heavy (non-hydrogen) atoms. The van der Waals surface area contributed by atoms with E-state index >= 15 is 0 Å². The lowest BCUT2D eigenvalue weighted by Crippen LogP contribution is -2.18. The Bertz CT molecular complexity index is 839. The summed E-state index contributed by atoms with van der Waals surface area (Å²) in [7, 11) is 0. The molecule has 3 heterocycles. The molecule has 1 aromatic carbocycles. The van der Waals surface area contributed by atoms with Gasteiger partial charge < -0.3 is 10.2 Å². The lowest BCUT2D eigenvalue weighted by molar-refractivity contribution is 0.920. The van der Waals surface area contributed by atoms with E-state index in [9.17, 15) is 0 Å². The van der Waals surface area contributed by atoms with Gasteiger partial charge >= 0.3 is 0 Å². The van der Waals surface area contributed by atoms with E-state index in [1.54, 1.807) is 6.20 Å². The van der Waals surface area contributed by atoms with Crippen LogP contribution < -0.4 is 10.2 Å². The Labute approximate surface area is 135 Å². The first-order chi connectivity index (χ1) is 11.3. The molecule has 5 nitrogen and oxygen atoms in total. The Kier molecular flexibility index (Phi) is 3.46. The van der Waals surface area contributed by atoms with Crippen molar-refractivity contribution in [2.75, 3.05) is 23.3 Å². The molecule has 0 aliphatic carbocycles. The highest BCUT2D eigenvalue weighted by Crippen LogP contribution is 2.19. The summed E-state index contributed by atoms with van der Waals surface area (Å²) in [5.74, 6) is 0.862. The predicted molar refractivity (Wildman–Crippen MR) is 92.8 cm³/mol. The SMILES string of the molecule is Cc1cc2c(NCc3ccc(N4CC=CC4)cc3)nccn2n1. The summed E-state index contributed by atoms with van der Waals surface area (Å²) >= 11 is 0. The number of aryl methyl sites for hydroxylation is 1. The van der Waals surface area contributed by atoms with E-state index in [0.29, 0.717) is 0 Å². The van der Waals surface area contributed by atoms with Gasteiger partial charge in [-0.2, -0.15) is 5.10 Å². The minimum atomic E-state index is 0.745. The maximum absolute atomic E-state index is 4.43. The van der Waals surface area contributed by atoms with Crippen LogP contribution in [-0.4, -0.2) is 27.7 Å². The zero-order valence-electron chi connectivity index (χ0n) is 13.1. The van der Waals surface area contributed by atoms with Gasteiger partial charge in [-0.15, -0.1) is 0 Å². The van der Waals surface area contributed by atoms with Crippen LogP contribution in [-0.2, 0) is 6.54 Å². The Morgan fingerprint density at radius 1 is 1.13 bits per heavy atom. The van der Waals surface area contributed by atoms with Gasteiger partial charge in [0.25, 0.3) is 0 Å². The summed E-state index contributed by atoms with van der Waals surface area (Å²) in [5.41, 5.74) is 4.50. The second kappa shape index (κ2) is 5.76. The third kappa shape index (κ3) is 2.77. The normalized spacial score (nSPS) is 13.9. The molecule has 0 radical (unpaired) electrons. The van der Waals surface area contributed by atoms with Gasteiger partial charge in [0, 0.05) is 37.7 Å². The van der Waals surface area contributed by atoms with E-state index in [1.165, 1.54) is 11.3 Å². The molecule has 1 N–H and O–H groups in total. The van der Waals surface area contributed by atoms with Crippen molar-refractivity contribution in [2.24, 2.45) is 0 Å². The third-order valence-electron chi connectivity index (χ3n) is 4.09. The molecule has 0 spiro atoms. The number of nitrogens with one attached hydrogen (secondary N) is 1. The zero-order valence-corrected chi connectivity index (χ0v) is 13.1. The van der Waals surface area contributed by atoms with Crippen molar-refractivity contribution in [2.45, 2.75) is 13.5 Å². The molecule has 2 aromatic heterocycles. The summed E-state index contributed by atoms with van der Waals surface area (Å²) in [4.78, 5) is 6.77. The first-order valence-corrected chi connectivity index (χ1v) is 7.83. The topological polar surface area (TPSA) is 45.5 Å². The molecular weight excluding hydrogens is 286 g/mol. The molecule has 0 unspecified atom stereocenters. The number of hydrogen-bond donors (Lipinski definition) is 1. The Morgan fingerprint density at radius 2 is 1.91 bits per heavy atom. The molecule has 0 bridgehead atoms. The average Bonchev–Trinajstić information content (AvgIpc) is 3.22. The first-order valence-electron chi connectivity index (χ1n) is 7.83. The number of benzene rings is 1. The van der Waals surface area contributed by atoms with Gasteiger partial charge in [-0.3, -0.25) is 0 Å². The molecule has 1 aliphatic heterocycles. The number of nitrogens with zero attached hydrogens (tertiary/aromatic N) is 4. The summed E-state index contributed by atoms with van der Waals surface area (Å²) in [6.07, 6.45) is 8.04. The second-order valence-electron chi connectivity index (χ2n) is 5.79. The van der Waals surface area contributed by atoms with Crippen LogP contribution >= 0.6 is 0 Å². The molecule has 4 rings (SSSR count). The van der Waals surface area contributed by atoms with Gasteiger partial charge in [0.1, 0.15) is 5.52 Å². The van der Waals surface area contributed by atoms with Gasteiger partial charge in [-0.25, -0.2) is 9.50 Å². The van der Waals surface area contributed by atoms with Crippen LogP contribution in [0.4, 0.5) is 11.5 Å². The van der Waals surface area contributed by atoms with E-state index < -0.39 is 0 Å². The fraction of sp³-hybridized carbons (Fsp3) is 0.222. The largest absolute Gasteiger partial charge is 0.364 e. The summed E-state index contributed by atoms with van der Waals surface area (Å²) in [5, 5.41) is 7.82. The third-order valence-corrected chi connectivity index (χ3v) is 4.09. The molecular formula is C18H19N5.